The Morgan fingerprint density at radius 1 is 1.05 bits per heavy atom. The van der Waals surface area contributed by atoms with Crippen LogP contribution in [0.1, 0.15) is 43.0 Å². The molecule has 6 rings (SSSR count). The van der Waals surface area contributed by atoms with Gasteiger partial charge in [-0.3, -0.25) is 23.9 Å². The van der Waals surface area contributed by atoms with E-state index in [9.17, 15) is 19.2 Å². The summed E-state index contributed by atoms with van der Waals surface area (Å²) >= 11 is 3.31. The van der Waals surface area contributed by atoms with E-state index in [1.165, 1.54) is 18.5 Å². The summed E-state index contributed by atoms with van der Waals surface area (Å²) in [6.45, 7) is 4.90. The molecule has 2 N–H and O–H groups in total. The van der Waals surface area contributed by atoms with Gasteiger partial charge in [0.25, 0.3) is 0 Å². The highest BCUT2D eigenvalue weighted by Crippen LogP contribution is 2.59. The number of hydrogen-bond donors (Lipinski definition) is 2. The molecule has 1 saturated carbocycles. The zero-order chi connectivity index (χ0) is 30.5. The van der Waals surface area contributed by atoms with E-state index in [-0.39, 0.29) is 47.2 Å². The standard InChI is InChI=1S/C30H29BrN8O4/c1-16(40)28-21-9-19(20-12-32-17(2)33-13-20)7-8-22(21)38(37-28)14-27(42)39-23(10-30(11-24(30)39)15-34-18(3)41)29(43)36-26-6-4-5-25(31)35-26/h4-9,12-13,23-24H,10-11,14-15H2,1-3H3,(H,34,41)(H,35,36,43)/t23-,24+,30+/m0/s1. The van der Waals surface area contributed by atoms with Gasteiger partial charge in [-0.2, -0.15) is 5.10 Å². The number of rotatable bonds is 8. The molecular weight excluding hydrogens is 616 g/mol. The first-order chi connectivity index (χ1) is 20.5. The maximum absolute atomic E-state index is 14.0. The van der Waals surface area contributed by atoms with Crippen LogP contribution in [0.25, 0.3) is 22.0 Å². The summed E-state index contributed by atoms with van der Waals surface area (Å²) < 4.78 is 2.09. The lowest BCUT2D eigenvalue weighted by Crippen LogP contribution is -2.46. The average Bonchev–Trinajstić information content (AvgIpc) is 3.39. The molecule has 0 radical (unpaired) electrons. The molecule has 4 heterocycles. The third-order valence-electron chi connectivity index (χ3n) is 8.15. The summed E-state index contributed by atoms with van der Waals surface area (Å²) in [6.07, 6.45) is 4.52. The van der Waals surface area contributed by atoms with Crippen molar-refractivity contribution in [1.82, 2.24) is 34.9 Å². The van der Waals surface area contributed by atoms with Gasteiger partial charge in [-0.1, -0.05) is 12.1 Å². The summed E-state index contributed by atoms with van der Waals surface area (Å²) in [6, 6.07) is 9.76. The van der Waals surface area contributed by atoms with Crippen LogP contribution in [-0.4, -0.2) is 71.8 Å². The molecule has 13 heteroatoms. The first-order valence-electron chi connectivity index (χ1n) is 13.8. The van der Waals surface area contributed by atoms with Gasteiger partial charge >= 0.3 is 0 Å². The number of carbonyl (C=O) groups is 4. The van der Waals surface area contributed by atoms with Crippen LogP contribution in [0, 0.1) is 12.3 Å². The topological polar surface area (TPSA) is 152 Å². The van der Waals surface area contributed by atoms with E-state index in [1.807, 2.05) is 18.2 Å². The molecule has 3 amide bonds. The van der Waals surface area contributed by atoms with Crippen LogP contribution >= 0.6 is 15.9 Å². The highest BCUT2D eigenvalue weighted by molar-refractivity contribution is 9.10. The number of Topliss-reactive ketones (excluding diaryl/α,β-unsaturated/α-hetero) is 1. The minimum Gasteiger partial charge on any atom is -0.356 e. The number of aromatic nitrogens is 5. The van der Waals surface area contributed by atoms with Crippen molar-refractivity contribution in [2.75, 3.05) is 11.9 Å². The molecule has 2 aliphatic rings. The van der Waals surface area contributed by atoms with E-state index in [2.05, 4.69) is 46.6 Å². The third kappa shape index (κ3) is 5.52. The van der Waals surface area contributed by atoms with Gasteiger partial charge in [0.05, 0.1) is 5.52 Å². The molecule has 1 saturated heterocycles. The minimum atomic E-state index is -0.761. The number of nitrogens with zero attached hydrogens (tertiary/aromatic N) is 6. The second kappa shape index (κ2) is 11.0. The predicted octanol–water partition coefficient (Wildman–Crippen LogP) is 3.30. The zero-order valence-electron chi connectivity index (χ0n) is 23.8. The number of halogens is 1. The first kappa shape index (κ1) is 28.6. The van der Waals surface area contributed by atoms with Crippen molar-refractivity contribution in [2.24, 2.45) is 5.41 Å². The Morgan fingerprint density at radius 2 is 1.81 bits per heavy atom. The molecule has 3 atom stereocenters. The quantitative estimate of drug-likeness (QED) is 0.219. The third-order valence-corrected chi connectivity index (χ3v) is 8.59. The molecule has 12 nitrogen and oxygen atoms in total. The first-order valence-corrected chi connectivity index (χ1v) is 14.6. The highest BCUT2D eigenvalue weighted by atomic mass is 79.9. The Kier molecular flexibility index (Phi) is 7.28. The molecule has 1 aliphatic heterocycles. The Bertz CT molecular complexity index is 1790. The van der Waals surface area contributed by atoms with Crippen LogP contribution in [0.4, 0.5) is 5.82 Å². The van der Waals surface area contributed by atoms with E-state index in [0.29, 0.717) is 46.5 Å². The van der Waals surface area contributed by atoms with Crippen molar-refractivity contribution in [1.29, 1.82) is 0 Å². The Hall–Kier alpha value is -4.52. The van der Waals surface area contributed by atoms with Crippen LogP contribution in [0.5, 0.6) is 0 Å². The Morgan fingerprint density at radius 3 is 2.51 bits per heavy atom. The fourth-order valence-electron chi connectivity index (χ4n) is 5.95. The number of amides is 3. The summed E-state index contributed by atoms with van der Waals surface area (Å²) in [4.78, 5) is 66.2. The van der Waals surface area contributed by atoms with E-state index in [1.54, 1.807) is 42.4 Å². The number of likely N-dealkylation sites (tertiary alicyclic amines) is 1. The SMILES string of the molecule is CC(=O)NC[C@]12C[C@@H](C(=O)Nc3cccc(Br)n3)N(C(=O)Cn3nc(C(C)=O)c4cc(-c5cnc(C)nc5)ccc43)[C@@H]1C2. The van der Waals surface area contributed by atoms with Gasteiger partial charge in [0, 0.05) is 55.2 Å². The van der Waals surface area contributed by atoms with Crippen LogP contribution in [0.2, 0.25) is 0 Å². The molecule has 0 unspecified atom stereocenters. The maximum Gasteiger partial charge on any atom is 0.248 e. The second-order valence-corrected chi connectivity index (χ2v) is 12.0. The van der Waals surface area contributed by atoms with Gasteiger partial charge in [0.2, 0.25) is 17.7 Å². The van der Waals surface area contributed by atoms with Gasteiger partial charge in [0.15, 0.2) is 5.78 Å². The molecule has 3 aromatic heterocycles. The van der Waals surface area contributed by atoms with Gasteiger partial charge < -0.3 is 15.5 Å². The molecule has 4 aromatic rings. The molecule has 220 valence electrons. The highest BCUT2D eigenvalue weighted by Gasteiger charge is 2.67. The van der Waals surface area contributed by atoms with Gasteiger partial charge in [-0.15, -0.1) is 0 Å². The maximum atomic E-state index is 14.0. The smallest absolute Gasteiger partial charge is 0.248 e. The lowest BCUT2D eigenvalue weighted by atomic mass is 9.99. The normalized spacial score (nSPS) is 20.5. The minimum absolute atomic E-state index is 0.164. The van der Waals surface area contributed by atoms with Crippen molar-refractivity contribution in [2.45, 2.75) is 52.2 Å². The summed E-state index contributed by atoms with van der Waals surface area (Å²) in [5, 5.41) is 10.8. The number of fused-ring (bicyclic) bond motifs is 2. The van der Waals surface area contributed by atoms with Crippen molar-refractivity contribution in [3.63, 3.8) is 0 Å². The van der Waals surface area contributed by atoms with Crippen molar-refractivity contribution in [3.05, 3.63) is 64.9 Å². The molecule has 43 heavy (non-hydrogen) atoms. The van der Waals surface area contributed by atoms with Crippen molar-refractivity contribution >= 4 is 56.2 Å². The van der Waals surface area contributed by atoms with Gasteiger partial charge in [-0.25, -0.2) is 15.0 Å². The van der Waals surface area contributed by atoms with Crippen LogP contribution in [0.3, 0.4) is 0 Å². The van der Waals surface area contributed by atoms with E-state index in [0.717, 1.165) is 11.1 Å². The summed E-state index contributed by atoms with van der Waals surface area (Å²) in [5.74, 6) is -0.0371. The number of aryl methyl sites for hydroxylation is 1. The van der Waals surface area contributed by atoms with Crippen LogP contribution in [-0.2, 0) is 20.9 Å². The number of anilines is 1. The monoisotopic (exact) mass is 644 g/mol. The predicted molar refractivity (Wildman–Crippen MR) is 161 cm³/mol. The number of pyridine rings is 1. The number of nitrogens with one attached hydrogen (secondary N) is 2. The molecule has 0 bridgehead atoms. The number of carbonyl (C=O) groups excluding carboxylic acids is 4. The van der Waals surface area contributed by atoms with Gasteiger partial charge in [0.1, 0.15) is 34.5 Å². The molecule has 1 aromatic carbocycles. The van der Waals surface area contributed by atoms with Crippen molar-refractivity contribution < 1.29 is 19.2 Å². The average molecular weight is 646 g/mol. The van der Waals surface area contributed by atoms with Crippen molar-refractivity contribution in [3.8, 4) is 11.1 Å². The second-order valence-electron chi connectivity index (χ2n) is 11.2. The lowest BCUT2D eigenvalue weighted by Gasteiger charge is -2.27. The fraction of sp³-hybridized carbons (Fsp3) is 0.333. The largest absolute Gasteiger partial charge is 0.356 e. The molecule has 2 fully saturated rings. The van der Waals surface area contributed by atoms with E-state index >= 15 is 0 Å². The zero-order valence-corrected chi connectivity index (χ0v) is 25.4. The van der Waals surface area contributed by atoms with E-state index < -0.39 is 6.04 Å². The number of hydrogen-bond acceptors (Lipinski definition) is 8. The molecule has 1 aliphatic carbocycles. The lowest BCUT2D eigenvalue weighted by molar-refractivity contribution is -0.138. The van der Waals surface area contributed by atoms with Crippen LogP contribution in [0.15, 0.2) is 53.4 Å². The molecular formula is C30H29BrN8O4. The van der Waals surface area contributed by atoms with Crippen LogP contribution < -0.4 is 10.6 Å². The summed E-state index contributed by atoms with van der Waals surface area (Å²) in [7, 11) is 0. The van der Waals surface area contributed by atoms with E-state index in [4.69, 9.17) is 0 Å². The Labute approximate surface area is 255 Å². The number of ketones is 1. The number of piperidine rings is 1. The summed E-state index contributed by atoms with van der Waals surface area (Å²) in [5.41, 5.74) is 2.10. The van der Waals surface area contributed by atoms with Gasteiger partial charge in [-0.05, 0) is 65.5 Å². The number of benzene rings is 1. The molecule has 0 spiro atoms. The fourth-order valence-corrected chi connectivity index (χ4v) is 6.29. The Balaban J connectivity index is 1.30.